The van der Waals surface area contributed by atoms with Crippen LogP contribution in [0.2, 0.25) is 0 Å². The number of nitrogens with zero attached hydrogens (tertiary/aromatic N) is 1. The van der Waals surface area contributed by atoms with Crippen molar-refractivity contribution in [1.82, 2.24) is 15.2 Å². The van der Waals surface area contributed by atoms with Crippen molar-refractivity contribution in [2.75, 3.05) is 33.4 Å². The first-order chi connectivity index (χ1) is 14.6. The highest BCUT2D eigenvalue weighted by Crippen LogP contribution is 2.51. The summed E-state index contributed by atoms with van der Waals surface area (Å²) in [5.74, 6) is -0.959. The molecule has 2 fully saturated rings. The Kier molecular flexibility index (Phi) is 4.87. The Morgan fingerprint density at radius 3 is 3.13 bits per heavy atom. The molecule has 2 aromatic rings. The van der Waals surface area contributed by atoms with Crippen LogP contribution >= 0.6 is 0 Å². The van der Waals surface area contributed by atoms with E-state index >= 15 is 0 Å². The van der Waals surface area contributed by atoms with Crippen LogP contribution in [0.1, 0.15) is 12.0 Å². The largest absolute Gasteiger partial charge is 0.385 e. The minimum Gasteiger partial charge on any atom is -0.385 e. The molecule has 0 radical (unpaired) electrons. The molecule has 30 heavy (non-hydrogen) atoms. The van der Waals surface area contributed by atoms with Crippen LogP contribution < -0.4 is 5.32 Å². The first-order valence-electron chi connectivity index (χ1n) is 10.6. The Hall–Kier alpha value is -2.64. The number of ether oxygens (including phenoxy) is 2. The lowest BCUT2D eigenvalue weighted by molar-refractivity contribution is -0.137. The standard InChI is InChI=1S/C23H27N3O4/c1-29-12-4-10-24-21(27)19-18-7-9-23(30-18)14-26(22(28)20(19)23)11-8-15-13-25-17-6-3-2-5-16(15)17/h2-3,5-7,9,13,18-20,25H,4,8,10-12,14H2,1H3,(H,24,27)/t18-,19+,20+,23+/m1/s1. The van der Waals surface area contributed by atoms with Crippen LogP contribution in [0.4, 0.5) is 0 Å². The van der Waals surface area contributed by atoms with Gasteiger partial charge in [0.25, 0.3) is 0 Å². The van der Waals surface area contributed by atoms with E-state index in [0.717, 1.165) is 18.4 Å². The Morgan fingerprint density at radius 2 is 2.27 bits per heavy atom. The second-order valence-electron chi connectivity index (χ2n) is 8.41. The smallest absolute Gasteiger partial charge is 0.230 e. The van der Waals surface area contributed by atoms with E-state index in [1.165, 1.54) is 10.9 Å². The lowest BCUT2D eigenvalue weighted by Gasteiger charge is -2.23. The Balaban J connectivity index is 1.27. The minimum atomic E-state index is -0.656. The van der Waals surface area contributed by atoms with Gasteiger partial charge in [0.15, 0.2) is 0 Å². The first kappa shape index (κ1) is 19.3. The molecule has 1 aromatic heterocycles. The van der Waals surface area contributed by atoms with E-state index in [9.17, 15) is 9.59 Å². The number of carbonyl (C=O) groups is 2. The molecule has 0 unspecified atom stereocenters. The molecule has 1 spiro atoms. The number of likely N-dealkylation sites (tertiary alicyclic amines) is 1. The molecule has 0 aliphatic carbocycles. The summed E-state index contributed by atoms with van der Waals surface area (Å²) in [4.78, 5) is 31.3. The van der Waals surface area contributed by atoms with Gasteiger partial charge in [-0.05, 0) is 24.5 Å². The first-order valence-corrected chi connectivity index (χ1v) is 10.6. The summed E-state index contributed by atoms with van der Waals surface area (Å²) in [6, 6.07) is 8.18. The van der Waals surface area contributed by atoms with Crippen molar-refractivity contribution in [3.05, 3.63) is 48.2 Å². The topological polar surface area (TPSA) is 83.7 Å². The highest BCUT2D eigenvalue weighted by atomic mass is 16.5. The van der Waals surface area contributed by atoms with Gasteiger partial charge in [-0.25, -0.2) is 0 Å². The van der Waals surface area contributed by atoms with Crippen molar-refractivity contribution in [2.45, 2.75) is 24.5 Å². The predicted octanol–water partition coefficient (Wildman–Crippen LogP) is 1.65. The van der Waals surface area contributed by atoms with Crippen molar-refractivity contribution in [2.24, 2.45) is 11.8 Å². The van der Waals surface area contributed by atoms with Gasteiger partial charge in [-0.3, -0.25) is 9.59 Å². The number of H-pyrrole nitrogens is 1. The number of aromatic amines is 1. The maximum Gasteiger partial charge on any atom is 0.230 e. The van der Waals surface area contributed by atoms with E-state index in [4.69, 9.17) is 9.47 Å². The number of hydrogen-bond acceptors (Lipinski definition) is 4. The third-order valence-corrected chi connectivity index (χ3v) is 6.63. The molecule has 158 valence electrons. The molecule has 5 rings (SSSR count). The van der Waals surface area contributed by atoms with Crippen LogP contribution in [-0.2, 0) is 25.5 Å². The number of para-hydroxylation sites is 1. The number of methoxy groups -OCH3 is 1. The Morgan fingerprint density at radius 1 is 1.40 bits per heavy atom. The second-order valence-corrected chi connectivity index (χ2v) is 8.41. The number of amides is 2. The van der Waals surface area contributed by atoms with Gasteiger partial charge in [0, 0.05) is 43.9 Å². The highest BCUT2D eigenvalue weighted by molar-refractivity contribution is 5.93. The average molecular weight is 409 g/mol. The summed E-state index contributed by atoms with van der Waals surface area (Å²) in [7, 11) is 1.64. The van der Waals surface area contributed by atoms with Gasteiger partial charge in [-0.15, -0.1) is 0 Å². The van der Waals surface area contributed by atoms with Crippen LogP contribution in [-0.4, -0.2) is 66.8 Å². The van der Waals surface area contributed by atoms with Gasteiger partial charge in [-0.2, -0.15) is 0 Å². The van der Waals surface area contributed by atoms with Gasteiger partial charge >= 0.3 is 0 Å². The van der Waals surface area contributed by atoms with E-state index in [2.05, 4.69) is 22.4 Å². The molecule has 7 nitrogen and oxygen atoms in total. The maximum absolute atomic E-state index is 13.3. The van der Waals surface area contributed by atoms with Crippen LogP contribution in [0.15, 0.2) is 42.6 Å². The Bertz CT molecular complexity index is 999. The molecule has 2 bridgehead atoms. The van der Waals surface area contributed by atoms with Gasteiger partial charge in [0.2, 0.25) is 11.8 Å². The predicted molar refractivity (Wildman–Crippen MR) is 112 cm³/mol. The van der Waals surface area contributed by atoms with Crippen molar-refractivity contribution >= 4 is 22.7 Å². The number of carbonyl (C=O) groups excluding carboxylic acids is 2. The number of hydrogen-bond donors (Lipinski definition) is 2. The molecule has 3 aliphatic rings. The second kappa shape index (κ2) is 7.56. The lowest BCUT2D eigenvalue weighted by atomic mass is 9.77. The lowest BCUT2D eigenvalue weighted by Crippen LogP contribution is -2.44. The summed E-state index contributed by atoms with van der Waals surface area (Å²) < 4.78 is 11.2. The minimum absolute atomic E-state index is 0.0266. The Labute approximate surface area is 175 Å². The summed E-state index contributed by atoms with van der Waals surface area (Å²) in [6.45, 7) is 2.26. The maximum atomic E-state index is 13.3. The average Bonchev–Trinajstić information content (AvgIpc) is 3.49. The summed E-state index contributed by atoms with van der Waals surface area (Å²) in [6.07, 6.45) is 7.17. The number of nitrogens with one attached hydrogen (secondary N) is 2. The molecule has 0 saturated carbocycles. The van der Waals surface area contributed by atoms with Crippen LogP contribution in [0.25, 0.3) is 10.9 Å². The third kappa shape index (κ3) is 3.04. The molecular weight excluding hydrogens is 382 g/mol. The summed E-state index contributed by atoms with van der Waals surface area (Å²) >= 11 is 0. The normalized spacial score (nSPS) is 29.2. The third-order valence-electron chi connectivity index (χ3n) is 6.63. The summed E-state index contributed by atoms with van der Waals surface area (Å²) in [5.41, 5.74) is 1.64. The fraction of sp³-hybridized carbons (Fsp3) is 0.478. The number of fused-ring (bicyclic) bond motifs is 2. The van der Waals surface area contributed by atoms with E-state index in [0.29, 0.717) is 26.2 Å². The van der Waals surface area contributed by atoms with Crippen molar-refractivity contribution in [1.29, 1.82) is 0 Å². The summed E-state index contributed by atoms with van der Waals surface area (Å²) in [5, 5.41) is 4.14. The number of benzene rings is 1. The number of aromatic nitrogens is 1. The monoisotopic (exact) mass is 409 g/mol. The molecular formula is C23H27N3O4. The van der Waals surface area contributed by atoms with Gasteiger partial charge in [0.05, 0.1) is 24.5 Å². The van der Waals surface area contributed by atoms with E-state index in [1.54, 1.807) is 7.11 Å². The van der Waals surface area contributed by atoms with Crippen LogP contribution in [0.3, 0.4) is 0 Å². The molecule has 7 heteroatoms. The van der Waals surface area contributed by atoms with Gasteiger partial charge in [-0.1, -0.05) is 30.4 Å². The highest BCUT2D eigenvalue weighted by Gasteiger charge is 2.66. The zero-order valence-electron chi connectivity index (χ0n) is 17.1. The van der Waals surface area contributed by atoms with Crippen molar-refractivity contribution in [3.8, 4) is 0 Å². The van der Waals surface area contributed by atoms with Crippen LogP contribution in [0.5, 0.6) is 0 Å². The van der Waals surface area contributed by atoms with Crippen molar-refractivity contribution in [3.63, 3.8) is 0 Å². The van der Waals surface area contributed by atoms with Crippen molar-refractivity contribution < 1.29 is 19.1 Å². The SMILES string of the molecule is COCCCNC(=O)[C@@H]1[C@H]2C(=O)N(CCc3c[nH]c4ccccc34)C[C@@]23C=C[C@H]1O3. The molecule has 2 saturated heterocycles. The molecule has 3 aliphatic heterocycles. The molecule has 4 atom stereocenters. The molecule has 2 N–H and O–H groups in total. The molecule has 2 amide bonds. The zero-order valence-corrected chi connectivity index (χ0v) is 17.1. The van der Waals surface area contributed by atoms with Crippen LogP contribution in [0, 0.1) is 11.8 Å². The fourth-order valence-corrected chi connectivity index (χ4v) is 5.21. The number of rotatable bonds is 8. The fourth-order valence-electron chi connectivity index (χ4n) is 5.21. The van der Waals surface area contributed by atoms with E-state index in [1.807, 2.05) is 35.4 Å². The quantitative estimate of drug-likeness (QED) is 0.513. The molecule has 1 aromatic carbocycles. The van der Waals surface area contributed by atoms with Gasteiger partial charge < -0.3 is 24.7 Å². The molecule has 4 heterocycles. The van der Waals surface area contributed by atoms with E-state index < -0.39 is 17.4 Å². The zero-order chi connectivity index (χ0) is 20.7. The van der Waals surface area contributed by atoms with E-state index in [-0.39, 0.29) is 17.9 Å². The van der Waals surface area contributed by atoms with Gasteiger partial charge in [0.1, 0.15) is 5.60 Å².